The first-order valence-corrected chi connectivity index (χ1v) is 9.22. The lowest BCUT2D eigenvalue weighted by atomic mass is 9.97. The zero-order chi connectivity index (χ0) is 19.1. The molecule has 5 heteroatoms. The van der Waals surface area contributed by atoms with Gasteiger partial charge in [0.1, 0.15) is 11.7 Å². The number of aryl methyl sites for hydroxylation is 2. The fraction of sp³-hybridized carbons (Fsp3) is 0.524. The zero-order valence-electron chi connectivity index (χ0n) is 16.2. The topological polar surface area (TPSA) is 62.7 Å². The molecule has 0 radical (unpaired) electrons. The van der Waals surface area contributed by atoms with Crippen LogP contribution in [0.3, 0.4) is 0 Å². The first kappa shape index (κ1) is 18.6. The van der Waals surface area contributed by atoms with E-state index < -0.39 is 11.7 Å². The lowest BCUT2D eigenvalue weighted by Gasteiger charge is -2.31. The molecule has 2 unspecified atom stereocenters. The van der Waals surface area contributed by atoms with Crippen LogP contribution >= 0.6 is 0 Å². The Morgan fingerprint density at radius 1 is 1.35 bits per heavy atom. The maximum Gasteiger partial charge on any atom is 0.410 e. The van der Waals surface area contributed by atoms with Gasteiger partial charge in [-0.3, -0.25) is 4.98 Å². The highest BCUT2D eigenvalue weighted by Crippen LogP contribution is 2.34. The van der Waals surface area contributed by atoms with Crippen molar-refractivity contribution in [2.75, 3.05) is 6.54 Å². The summed E-state index contributed by atoms with van der Waals surface area (Å²) in [6.07, 6.45) is 0.460. The van der Waals surface area contributed by atoms with Crippen LogP contribution in [-0.4, -0.2) is 39.3 Å². The Morgan fingerprint density at radius 2 is 2.08 bits per heavy atom. The van der Waals surface area contributed by atoms with E-state index in [1.807, 2.05) is 52.8 Å². The Labute approximate surface area is 155 Å². The monoisotopic (exact) mass is 356 g/mol. The van der Waals surface area contributed by atoms with Crippen molar-refractivity contribution >= 4 is 17.0 Å². The van der Waals surface area contributed by atoms with Gasteiger partial charge < -0.3 is 14.7 Å². The van der Waals surface area contributed by atoms with Crippen molar-refractivity contribution in [1.82, 2.24) is 9.88 Å². The quantitative estimate of drug-likeness (QED) is 0.872. The number of amides is 1. The van der Waals surface area contributed by atoms with Gasteiger partial charge in [0.2, 0.25) is 0 Å². The summed E-state index contributed by atoms with van der Waals surface area (Å²) >= 11 is 0. The number of carbonyl (C=O) groups excluding carboxylic acids is 1. The minimum Gasteiger partial charge on any atom is -0.444 e. The van der Waals surface area contributed by atoms with E-state index in [0.717, 1.165) is 40.6 Å². The molecule has 2 aromatic rings. The number of para-hydroxylation sites is 1. The van der Waals surface area contributed by atoms with Gasteiger partial charge in [-0.05, 0) is 59.1 Å². The molecule has 2 atom stereocenters. The molecule has 1 aliphatic rings. The molecule has 0 saturated carbocycles. The molecule has 1 aromatic heterocycles. The Kier molecular flexibility index (Phi) is 4.93. The van der Waals surface area contributed by atoms with Crippen LogP contribution in [0.25, 0.3) is 10.9 Å². The first-order chi connectivity index (χ1) is 12.2. The molecule has 1 N–H and O–H groups in total. The van der Waals surface area contributed by atoms with Crippen LogP contribution in [0.5, 0.6) is 0 Å². The third kappa shape index (κ3) is 3.68. The summed E-state index contributed by atoms with van der Waals surface area (Å²) in [7, 11) is 0. The third-order valence-electron chi connectivity index (χ3n) is 4.93. The fourth-order valence-electron chi connectivity index (χ4n) is 3.53. The minimum atomic E-state index is -0.789. The van der Waals surface area contributed by atoms with Gasteiger partial charge in [-0.1, -0.05) is 18.2 Å². The van der Waals surface area contributed by atoms with Crippen LogP contribution < -0.4 is 0 Å². The van der Waals surface area contributed by atoms with E-state index in [-0.39, 0.29) is 12.1 Å². The number of benzene rings is 1. The molecule has 1 aliphatic heterocycles. The maximum atomic E-state index is 12.5. The lowest BCUT2D eigenvalue weighted by molar-refractivity contribution is 0.00509. The van der Waals surface area contributed by atoms with E-state index in [4.69, 9.17) is 9.72 Å². The van der Waals surface area contributed by atoms with Crippen LogP contribution in [0.4, 0.5) is 4.79 Å². The fourth-order valence-corrected chi connectivity index (χ4v) is 3.53. The van der Waals surface area contributed by atoms with E-state index in [1.54, 1.807) is 4.90 Å². The molecular formula is C21H28N2O3. The molecule has 3 rings (SSSR count). The third-order valence-corrected chi connectivity index (χ3v) is 4.93. The van der Waals surface area contributed by atoms with Gasteiger partial charge in [-0.2, -0.15) is 0 Å². The van der Waals surface area contributed by atoms with E-state index >= 15 is 0 Å². The van der Waals surface area contributed by atoms with E-state index in [0.29, 0.717) is 6.54 Å². The number of aromatic nitrogens is 1. The average Bonchev–Trinajstić information content (AvgIpc) is 3.03. The Hall–Kier alpha value is -2.14. The number of nitrogens with zero attached hydrogens (tertiary/aromatic N) is 2. The Bertz CT molecular complexity index is 826. The van der Waals surface area contributed by atoms with E-state index in [1.165, 1.54) is 0 Å². The van der Waals surface area contributed by atoms with Crippen molar-refractivity contribution in [2.45, 2.75) is 65.2 Å². The number of pyridine rings is 1. The largest absolute Gasteiger partial charge is 0.444 e. The molecule has 2 heterocycles. The van der Waals surface area contributed by atoms with Gasteiger partial charge in [0.25, 0.3) is 0 Å². The predicted molar refractivity (Wildman–Crippen MR) is 102 cm³/mol. The summed E-state index contributed by atoms with van der Waals surface area (Å²) in [5.74, 6) is 0. The van der Waals surface area contributed by atoms with Crippen molar-refractivity contribution in [1.29, 1.82) is 0 Å². The van der Waals surface area contributed by atoms with Crippen LogP contribution in [-0.2, 0) is 4.74 Å². The molecule has 0 spiro atoms. The van der Waals surface area contributed by atoms with Gasteiger partial charge >= 0.3 is 6.09 Å². The summed E-state index contributed by atoms with van der Waals surface area (Å²) in [6, 6.07) is 7.64. The highest BCUT2D eigenvalue weighted by Gasteiger charge is 2.37. The van der Waals surface area contributed by atoms with E-state index in [9.17, 15) is 9.90 Å². The second-order valence-corrected chi connectivity index (χ2v) is 8.14. The maximum absolute atomic E-state index is 12.5. The number of fused-ring (bicyclic) bond motifs is 1. The number of hydrogen-bond donors (Lipinski definition) is 1. The van der Waals surface area contributed by atoms with Crippen LogP contribution in [0, 0.1) is 13.8 Å². The van der Waals surface area contributed by atoms with Crippen LogP contribution in [0.2, 0.25) is 0 Å². The molecular weight excluding hydrogens is 328 g/mol. The molecule has 1 saturated heterocycles. The number of likely N-dealkylation sites (tertiary alicyclic amines) is 1. The molecule has 1 aromatic carbocycles. The Morgan fingerprint density at radius 3 is 2.77 bits per heavy atom. The first-order valence-electron chi connectivity index (χ1n) is 9.22. The summed E-state index contributed by atoms with van der Waals surface area (Å²) in [5.41, 5.74) is 3.10. The second kappa shape index (κ2) is 6.88. The van der Waals surface area contributed by atoms with Crippen molar-refractivity contribution in [2.24, 2.45) is 0 Å². The lowest BCUT2D eigenvalue weighted by Crippen LogP contribution is -2.42. The summed E-state index contributed by atoms with van der Waals surface area (Å²) in [4.78, 5) is 18.9. The molecule has 1 fully saturated rings. The van der Waals surface area contributed by atoms with Crippen LogP contribution in [0.1, 0.15) is 56.5 Å². The normalized spacial score (nSPS) is 19.0. The average molecular weight is 356 g/mol. The summed E-state index contributed by atoms with van der Waals surface area (Å²) in [6.45, 7) is 10.2. The number of rotatable bonds is 2. The van der Waals surface area contributed by atoms with Gasteiger partial charge in [-0.15, -0.1) is 0 Å². The molecule has 0 bridgehead atoms. The summed E-state index contributed by atoms with van der Waals surface area (Å²) in [5, 5.41) is 12.1. The van der Waals surface area contributed by atoms with Gasteiger partial charge in [0, 0.05) is 23.2 Å². The van der Waals surface area contributed by atoms with Gasteiger partial charge in [0.05, 0.1) is 11.6 Å². The second-order valence-electron chi connectivity index (χ2n) is 8.14. The van der Waals surface area contributed by atoms with Gasteiger partial charge in [-0.25, -0.2) is 4.79 Å². The number of aliphatic hydroxyl groups is 1. The number of carbonyl (C=O) groups is 1. The minimum absolute atomic E-state index is 0.293. The number of ether oxygens (including phenoxy) is 1. The zero-order valence-corrected chi connectivity index (χ0v) is 16.2. The molecule has 140 valence electrons. The van der Waals surface area contributed by atoms with Crippen LogP contribution in [0.15, 0.2) is 24.3 Å². The van der Waals surface area contributed by atoms with E-state index in [2.05, 4.69) is 6.07 Å². The molecule has 5 nitrogen and oxygen atoms in total. The number of aliphatic hydroxyl groups excluding tert-OH is 1. The SMILES string of the molecule is Cc1cc2cccc(C(O)C3CCCN3C(=O)OC(C)(C)C)c2nc1C. The smallest absolute Gasteiger partial charge is 0.410 e. The van der Waals surface area contributed by atoms with Crippen molar-refractivity contribution in [3.63, 3.8) is 0 Å². The summed E-state index contributed by atoms with van der Waals surface area (Å²) < 4.78 is 5.52. The van der Waals surface area contributed by atoms with Crippen molar-refractivity contribution in [3.05, 3.63) is 41.1 Å². The molecule has 26 heavy (non-hydrogen) atoms. The highest BCUT2D eigenvalue weighted by atomic mass is 16.6. The number of hydrogen-bond acceptors (Lipinski definition) is 4. The standard InChI is InChI=1S/C21H28N2O3/c1-13-12-15-8-6-9-16(18(15)22-14(13)2)19(24)17-10-7-11-23(17)20(25)26-21(3,4)5/h6,8-9,12,17,19,24H,7,10-11H2,1-5H3. The Balaban J connectivity index is 1.93. The van der Waals surface area contributed by atoms with Gasteiger partial charge in [0.15, 0.2) is 0 Å². The highest BCUT2D eigenvalue weighted by molar-refractivity contribution is 5.83. The molecule has 1 amide bonds. The van der Waals surface area contributed by atoms with Crippen molar-refractivity contribution in [3.8, 4) is 0 Å². The van der Waals surface area contributed by atoms with Crippen molar-refractivity contribution < 1.29 is 14.6 Å². The predicted octanol–water partition coefficient (Wildman–Crippen LogP) is 4.28. The molecule has 0 aliphatic carbocycles.